The van der Waals surface area contributed by atoms with Gasteiger partial charge in [0.15, 0.2) is 0 Å². The van der Waals surface area contributed by atoms with Gasteiger partial charge in [-0.25, -0.2) is 0 Å². The monoisotopic (exact) mass is 224 g/mol. The zero-order valence-electron chi connectivity index (χ0n) is 10.1. The summed E-state index contributed by atoms with van der Waals surface area (Å²) in [5.74, 6) is 0.321. The number of piperidine rings is 1. The van der Waals surface area contributed by atoms with Crippen LogP contribution < -0.4 is 5.73 Å². The van der Waals surface area contributed by atoms with Crippen LogP contribution in [0, 0.1) is 5.41 Å². The van der Waals surface area contributed by atoms with Crippen LogP contribution in [0.2, 0.25) is 0 Å². The lowest BCUT2D eigenvalue weighted by Gasteiger charge is -2.32. The van der Waals surface area contributed by atoms with E-state index in [1.165, 1.54) is 51.9 Å². The van der Waals surface area contributed by atoms with Crippen molar-refractivity contribution in [3.63, 3.8) is 0 Å². The van der Waals surface area contributed by atoms with Crippen molar-refractivity contribution >= 4 is 5.84 Å². The number of hydrogen-bond acceptors (Lipinski definition) is 3. The van der Waals surface area contributed by atoms with Crippen LogP contribution >= 0.6 is 0 Å². The zero-order valence-corrected chi connectivity index (χ0v) is 10.1. The van der Waals surface area contributed by atoms with Crippen molar-refractivity contribution in [3.05, 3.63) is 0 Å². The molecule has 3 N–H and O–H groups in total. The Morgan fingerprint density at radius 3 is 2.62 bits per heavy atom. The minimum Gasteiger partial charge on any atom is -0.388 e. The molecule has 0 aromatic rings. The molecule has 0 radical (unpaired) electrons. The van der Waals surface area contributed by atoms with Crippen LogP contribution in [0.1, 0.15) is 32.1 Å². The van der Waals surface area contributed by atoms with Crippen molar-refractivity contribution in [2.75, 3.05) is 32.7 Å². The number of hydrogen-bond donors (Lipinski definition) is 2. The molecule has 0 amide bonds. The maximum absolute atomic E-state index is 7.25. The predicted octanol–water partition coefficient (Wildman–Crippen LogP) is 0.873. The molecular formula is C12H24N4. The number of nitrogens with zero attached hydrogens (tertiary/aromatic N) is 2. The maximum Gasteiger partial charge on any atom is 0.0918 e. The smallest absolute Gasteiger partial charge is 0.0918 e. The Labute approximate surface area is 98.3 Å². The molecule has 0 aromatic heterocycles. The van der Waals surface area contributed by atoms with E-state index in [2.05, 4.69) is 9.80 Å². The van der Waals surface area contributed by atoms with Crippen LogP contribution in [0.3, 0.4) is 0 Å². The molecule has 0 bridgehead atoms. The molecular weight excluding hydrogens is 200 g/mol. The molecule has 1 unspecified atom stereocenters. The molecule has 0 aromatic carbocycles. The Hall–Kier alpha value is -0.610. The van der Waals surface area contributed by atoms with Crippen molar-refractivity contribution in [3.8, 4) is 0 Å². The van der Waals surface area contributed by atoms with Crippen LogP contribution in [0.5, 0.6) is 0 Å². The maximum atomic E-state index is 7.25. The Balaban J connectivity index is 1.72. The fraction of sp³-hybridized carbons (Fsp3) is 0.917. The second kappa shape index (κ2) is 5.64. The van der Waals surface area contributed by atoms with Crippen LogP contribution in [0.15, 0.2) is 0 Å². The van der Waals surface area contributed by atoms with Gasteiger partial charge in [-0.15, -0.1) is 0 Å². The highest BCUT2D eigenvalue weighted by atomic mass is 15.3. The quantitative estimate of drug-likeness (QED) is 0.550. The van der Waals surface area contributed by atoms with Gasteiger partial charge in [0.1, 0.15) is 0 Å². The Morgan fingerprint density at radius 2 is 1.94 bits per heavy atom. The van der Waals surface area contributed by atoms with Gasteiger partial charge in [0.2, 0.25) is 0 Å². The lowest BCUT2D eigenvalue weighted by atomic mass is 10.1. The van der Waals surface area contributed by atoms with Gasteiger partial charge in [-0.3, -0.25) is 10.3 Å². The predicted molar refractivity (Wildman–Crippen MR) is 66.8 cm³/mol. The van der Waals surface area contributed by atoms with Crippen LogP contribution in [0.25, 0.3) is 0 Å². The molecule has 92 valence electrons. The van der Waals surface area contributed by atoms with Crippen molar-refractivity contribution in [2.45, 2.75) is 38.1 Å². The highest BCUT2D eigenvalue weighted by Crippen LogP contribution is 2.20. The van der Waals surface area contributed by atoms with Crippen molar-refractivity contribution < 1.29 is 0 Å². The largest absolute Gasteiger partial charge is 0.388 e. The molecule has 2 rings (SSSR count). The molecule has 4 nitrogen and oxygen atoms in total. The first-order valence-corrected chi connectivity index (χ1v) is 6.55. The number of amidine groups is 1. The van der Waals surface area contributed by atoms with Crippen LogP contribution in [0.4, 0.5) is 0 Å². The van der Waals surface area contributed by atoms with Gasteiger partial charge >= 0.3 is 0 Å². The Morgan fingerprint density at radius 1 is 1.19 bits per heavy atom. The third-order valence-electron chi connectivity index (χ3n) is 3.85. The standard InChI is InChI=1S/C12H24N4/c13-12(14)5-9-15-8-4-11(10-15)16-6-2-1-3-7-16/h11H,1-10H2,(H3,13,14). The van der Waals surface area contributed by atoms with Crippen LogP contribution in [-0.2, 0) is 0 Å². The molecule has 2 aliphatic rings. The highest BCUT2D eigenvalue weighted by Gasteiger charge is 2.27. The summed E-state index contributed by atoms with van der Waals surface area (Å²) in [6.45, 7) is 5.94. The summed E-state index contributed by atoms with van der Waals surface area (Å²) in [5, 5.41) is 7.25. The second-order valence-electron chi connectivity index (χ2n) is 5.11. The van der Waals surface area contributed by atoms with E-state index < -0.39 is 0 Å². The normalized spacial score (nSPS) is 28.4. The Bertz CT molecular complexity index is 235. The molecule has 2 aliphatic heterocycles. The third-order valence-corrected chi connectivity index (χ3v) is 3.85. The zero-order chi connectivity index (χ0) is 11.4. The summed E-state index contributed by atoms with van der Waals surface area (Å²) in [7, 11) is 0. The van der Waals surface area contributed by atoms with Gasteiger partial charge in [0.05, 0.1) is 5.84 Å². The van der Waals surface area contributed by atoms with Gasteiger partial charge < -0.3 is 10.6 Å². The van der Waals surface area contributed by atoms with Crippen molar-refractivity contribution in [2.24, 2.45) is 5.73 Å². The first-order chi connectivity index (χ1) is 7.75. The molecule has 16 heavy (non-hydrogen) atoms. The minimum atomic E-state index is 0.321. The number of nitrogens with two attached hydrogens (primary N) is 1. The van der Waals surface area contributed by atoms with Gasteiger partial charge in [-0.2, -0.15) is 0 Å². The fourth-order valence-corrected chi connectivity index (χ4v) is 2.88. The first kappa shape index (κ1) is 11.9. The summed E-state index contributed by atoms with van der Waals surface area (Å²) in [6.07, 6.45) is 6.20. The second-order valence-corrected chi connectivity index (χ2v) is 5.11. The number of rotatable bonds is 4. The lowest BCUT2D eigenvalue weighted by molar-refractivity contribution is 0.162. The highest BCUT2D eigenvalue weighted by molar-refractivity contribution is 5.76. The molecule has 0 saturated carbocycles. The van der Waals surface area contributed by atoms with Gasteiger partial charge in [0, 0.05) is 25.6 Å². The first-order valence-electron chi connectivity index (χ1n) is 6.55. The molecule has 1 atom stereocenters. The summed E-state index contributed by atoms with van der Waals surface area (Å²) < 4.78 is 0. The van der Waals surface area contributed by atoms with E-state index in [1.54, 1.807) is 0 Å². The van der Waals surface area contributed by atoms with E-state index in [0.29, 0.717) is 5.84 Å². The molecule has 0 aliphatic carbocycles. The Kier molecular flexibility index (Phi) is 4.18. The minimum absolute atomic E-state index is 0.321. The summed E-state index contributed by atoms with van der Waals surface area (Å²) in [4.78, 5) is 5.12. The molecule has 2 fully saturated rings. The van der Waals surface area contributed by atoms with Gasteiger partial charge in [-0.1, -0.05) is 6.42 Å². The third kappa shape index (κ3) is 3.19. The van der Waals surface area contributed by atoms with E-state index in [1.807, 2.05) is 0 Å². The average Bonchev–Trinajstić information content (AvgIpc) is 2.76. The van der Waals surface area contributed by atoms with Gasteiger partial charge in [0.25, 0.3) is 0 Å². The summed E-state index contributed by atoms with van der Waals surface area (Å²) >= 11 is 0. The van der Waals surface area contributed by atoms with E-state index in [4.69, 9.17) is 11.1 Å². The van der Waals surface area contributed by atoms with Crippen molar-refractivity contribution in [1.29, 1.82) is 5.41 Å². The summed E-state index contributed by atoms with van der Waals surface area (Å²) in [5.41, 5.74) is 5.39. The van der Waals surface area contributed by atoms with E-state index in [-0.39, 0.29) is 0 Å². The van der Waals surface area contributed by atoms with E-state index in [9.17, 15) is 0 Å². The molecule has 4 heteroatoms. The number of nitrogens with one attached hydrogen (secondary N) is 1. The molecule has 2 heterocycles. The SMILES string of the molecule is N=C(N)CCN1CCC(N2CCCCC2)C1. The molecule has 2 saturated heterocycles. The van der Waals surface area contributed by atoms with E-state index in [0.717, 1.165) is 19.0 Å². The van der Waals surface area contributed by atoms with Gasteiger partial charge in [-0.05, 0) is 38.9 Å². The number of likely N-dealkylation sites (tertiary alicyclic amines) is 2. The molecule has 0 spiro atoms. The summed E-state index contributed by atoms with van der Waals surface area (Å²) in [6, 6.07) is 0.771. The van der Waals surface area contributed by atoms with Crippen molar-refractivity contribution in [1.82, 2.24) is 9.80 Å². The van der Waals surface area contributed by atoms with Crippen LogP contribution in [-0.4, -0.2) is 54.4 Å². The lowest BCUT2D eigenvalue weighted by Crippen LogP contribution is -2.41. The van der Waals surface area contributed by atoms with E-state index >= 15 is 0 Å². The average molecular weight is 224 g/mol. The topological polar surface area (TPSA) is 56.4 Å². The fourth-order valence-electron chi connectivity index (χ4n) is 2.88.